The Morgan fingerprint density at radius 1 is 0.444 bits per heavy atom. The molecule has 0 atom stereocenters. The van der Waals surface area contributed by atoms with Gasteiger partial charge in [0.1, 0.15) is 0 Å². The largest absolute Gasteiger partial charge is 0.256 e. The topological polar surface area (TPSA) is 38.7 Å². The standard InChI is InChI=1S/C41H25N3S/c1-2-8-29(9-3-1)38-40-39(35-12-6-7-13-37(35)45-40)44-41(43-38)30-20-18-27(19-21-30)26-14-16-28(17-15-26)31-22-23-34-33-11-5-4-10-32(33)25-42-36(34)24-31/h1-25H. The van der Waals surface area contributed by atoms with Gasteiger partial charge < -0.3 is 0 Å². The minimum Gasteiger partial charge on any atom is -0.256 e. The molecule has 0 saturated heterocycles. The summed E-state index contributed by atoms with van der Waals surface area (Å²) in [5.74, 6) is 0.740. The van der Waals surface area contributed by atoms with Crippen molar-refractivity contribution >= 4 is 53.3 Å². The minimum atomic E-state index is 0.740. The van der Waals surface area contributed by atoms with Crippen LogP contribution in [-0.2, 0) is 0 Å². The maximum atomic E-state index is 5.12. The molecule has 0 fully saturated rings. The van der Waals surface area contributed by atoms with Crippen molar-refractivity contribution in [2.45, 2.75) is 0 Å². The van der Waals surface area contributed by atoms with Crippen LogP contribution >= 0.6 is 11.3 Å². The van der Waals surface area contributed by atoms with Crippen LogP contribution < -0.4 is 0 Å². The Hall–Kier alpha value is -5.71. The molecule has 210 valence electrons. The lowest BCUT2D eigenvalue weighted by Gasteiger charge is -2.09. The average molecular weight is 592 g/mol. The van der Waals surface area contributed by atoms with Crippen LogP contribution in [0, 0.1) is 0 Å². The van der Waals surface area contributed by atoms with Crippen molar-refractivity contribution in [2.75, 3.05) is 0 Å². The van der Waals surface area contributed by atoms with Crippen molar-refractivity contribution in [3.8, 4) is 44.9 Å². The van der Waals surface area contributed by atoms with Gasteiger partial charge in [-0.2, -0.15) is 0 Å². The fourth-order valence-corrected chi connectivity index (χ4v) is 7.37. The second-order valence-electron chi connectivity index (χ2n) is 11.3. The minimum absolute atomic E-state index is 0.740. The first-order chi connectivity index (χ1) is 22.3. The number of hydrogen-bond acceptors (Lipinski definition) is 4. The Balaban J connectivity index is 1.05. The van der Waals surface area contributed by atoms with E-state index in [0.717, 1.165) is 54.9 Å². The summed E-state index contributed by atoms with van der Waals surface area (Å²) in [6.45, 7) is 0. The third-order valence-electron chi connectivity index (χ3n) is 8.55. The van der Waals surface area contributed by atoms with E-state index >= 15 is 0 Å². The summed E-state index contributed by atoms with van der Waals surface area (Å²) in [7, 11) is 0. The molecule has 0 saturated carbocycles. The lowest BCUT2D eigenvalue weighted by Crippen LogP contribution is -1.93. The quantitative estimate of drug-likeness (QED) is 0.191. The molecule has 0 N–H and O–H groups in total. The van der Waals surface area contributed by atoms with Crippen LogP contribution in [0.5, 0.6) is 0 Å². The monoisotopic (exact) mass is 591 g/mol. The molecule has 3 heterocycles. The van der Waals surface area contributed by atoms with Crippen molar-refractivity contribution in [1.29, 1.82) is 0 Å². The van der Waals surface area contributed by atoms with E-state index in [1.54, 1.807) is 11.3 Å². The van der Waals surface area contributed by atoms with Crippen LogP contribution in [0.3, 0.4) is 0 Å². The highest BCUT2D eigenvalue weighted by Crippen LogP contribution is 2.39. The van der Waals surface area contributed by atoms with E-state index in [-0.39, 0.29) is 0 Å². The Kier molecular flexibility index (Phi) is 6.00. The second kappa shape index (κ2) is 10.5. The summed E-state index contributed by atoms with van der Waals surface area (Å²) in [4.78, 5) is 15.0. The van der Waals surface area contributed by atoms with Gasteiger partial charge in [-0.05, 0) is 39.8 Å². The average Bonchev–Trinajstić information content (AvgIpc) is 3.50. The van der Waals surface area contributed by atoms with Gasteiger partial charge in [0.05, 0.1) is 21.4 Å². The predicted octanol–water partition coefficient (Wildman–Crippen LogP) is 11.2. The Morgan fingerprint density at radius 2 is 1.07 bits per heavy atom. The maximum Gasteiger partial charge on any atom is 0.160 e. The van der Waals surface area contributed by atoms with Crippen LogP contribution in [0.4, 0.5) is 0 Å². The lowest BCUT2D eigenvalue weighted by molar-refractivity contribution is 1.24. The van der Waals surface area contributed by atoms with E-state index in [1.807, 2.05) is 12.3 Å². The van der Waals surface area contributed by atoms with Gasteiger partial charge in [0, 0.05) is 38.2 Å². The van der Waals surface area contributed by atoms with Gasteiger partial charge >= 0.3 is 0 Å². The third kappa shape index (κ3) is 4.46. The number of thiophene rings is 1. The molecule has 45 heavy (non-hydrogen) atoms. The molecule has 0 amide bonds. The molecule has 9 rings (SSSR count). The summed E-state index contributed by atoms with van der Waals surface area (Å²) in [5, 5.41) is 4.75. The van der Waals surface area contributed by atoms with Gasteiger partial charge in [0.15, 0.2) is 5.82 Å². The van der Waals surface area contributed by atoms with Crippen LogP contribution in [0.1, 0.15) is 0 Å². The van der Waals surface area contributed by atoms with Gasteiger partial charge in [0.2, 0.25) is 0 Å². The van der Waals surface area contributed by atoms with Gasteiger partial charge in [-0.3, -0.25) is 4.98 Å². The van der Waals surface area contributed by atoms with Crippen molar-refractivity contribution < 1.29 is 0 Å². The zero-order valence-electron chi connectivity index (χ0n) is 24.2. The molecule has 0 spiro atoms. The summed E-state index contributed by atoms with van der Waals surface area (Å²) in [6.07, 6.45) is 1.96. The fraction of sp³-hybridized carbons (Fsp3) is 0. The molecule has 0 aliphatic carbocycles. The van der Waals surface area contributed by atoms with E-state index in [1.165, 1.54) is 32.0 Å². The first kappa shape index (κ1) is 25.8. The Morgan fingerprint density at radius 3 is 1.84 bits per heavy atom. The molecular formula is C41H25N3S. The molecule has 6 aromatic carbocycles. The van der Waals surface area contributed by atoms with E-state index < -0.39 is 0 Å². The van der Waals surface area contributed by atoms with Gasteiger partial charge in [-0.25, -0.2) is 9.97 Å². The number of nitrogens with zero attached hydrogens (tertiary/aromatic N) is 3. The molecule has 0 radical (unpaired) electrons. The fourth-order valence-electron chi connectivity index (χ4n) is 6.22. The zero-order valence-corrected chi connectivity index (χ0v) is 25.0. The van der Waals surface area contributed by atoms with Gasteiger partial charge in [-0.1, -0.05) is 133 Å². The molecule has 3 aromatic heterocycles. The van der Waals surface area contributed by atoms with Gasteiger partial charge in [0.25, 0.3) is 0 Å². The summed E-state index contributed by atoms with van der Waals surface area (Å²) in [6, 6.07) is 51.2. The molecule has 0 bridgehead atoms. The van der Waals surface area contributed by atoms with E-state index in [4.69, 9.17) is 15.0 Å². The summed E-state index contributed by atoms with van der Waals surface area (Å²) >= 11 is 1.76. The number of hydrogen-bond donors (Lipinski definition) is 0. The van der Waals surface area contributed by atoms with Gasteiger partial charge in [-0.15, -0.1) is 11.3 Å². The Labute approximate surface area is 264 Å². The first-order valence-electron chi connectivity index (χ1n) is 15.0. The van der Waals surface area contributed by atoms with Crippen molar-refractivity contribution in [1.82, 2.24) is 15.0 Å². The molecule has 0 unspecified atom stereocenters. The van der Waals surface area contributed by atoms with Crippen LogP contribution in [0.25, 0.3) is 86.9 Å². The highest BCUT2D eigenvalue weighted by Gasteiger charge is 2.16. The van der Waals surface area contributed by atoms with Crippen molar-refractivity contribution in [3.63, 3.8) is 0 Å². The summed E-state index contributed by atoms with van der Waals surface area (Å²) in [5.41, 5.74) is 9.76. The first-order valence-corrected chi connectivity index (χ1v) is 15.8. The smallest absolute Gasteiger partial charge is 0.160 e. The number of pyridine rings is 1. The normalized spacial score (nSPS) is 11.6. The lowest BCUT2D eigenvalue weighted by atomic mass is 9.98. The van der Waals surface area contributed by atoms with E-state index in [2.05, 4.69) is 140 Å². The predicted molar refractivity (Wildman–Crippen MR) is 189 cm³/mol. The van der Waals surface area contributed by atoms with Crippen LogP contribution in [0.15, 0.2) is 152 Å². The summed E-state index contributed by atoms with van der Waals surface area (Å²) < 4.78 is 2.35. The Bertz CT molecular complexity index is 2520. The second-order valence-corrected chi connectivity index (χ2v) is 12.3. The molecule has 3 nitrogen and oxygen atoms in total. The number of fused-ring (bicyclic) bond motifs is 6. The number of aromatic nitrogens is 3. The van der Waals surface area contributed by atoms with Crippen LogP contribution in [0.2, 0.25) is 0 Å². The molecule has 9 aromatic rings. The highest BCUT2D eigenvalue weighted by atomic mass is 32.1. The molecule has 0 aliphatic rings. The maximum absolute atomic E-state index is 5.12. The molecule has 0 aliphatic heterocycles. The van der Waals surface area contributed by atoms with Crippen LogP contribution in [-0.4, -0.2) is 15.0 Å². The van der Waals surface area contributed by atoms with Crippen molar-refractivity contribution in [2.24, 2.45) is 0 Å². The third-order valence-corrected chi connectivity index (χ3v) is 9.72. The molecule has 4 heteroatoms. The number of rotatable bonds is 4. The SMILES string of the molecule is c1ccc(-c2nc(-c3ccc(-c4ccc(-c5ccc6c(c5)ncc5ccccc56)cc4)cc3)nc3c2sc2ccccc23)cc1. The zero-order chi connectivity index (χ0) is 29.7. The molecular weight excluding hydrogens is 567 g/mol. The number of benzene rings is 6. The van der Waals surface area contributed by atoms with Crippen molar-refractivity contribution in [3.05, 3.63) is 152 Å². The van der Waals surface area contributed by atoms with E-state index in [0.29, 0.717) is 0 Å². The highest BCUT2D eigenvalue weighted by molar-refractivity contribution is 7.26. The van der Waals surface area contributed by atoms with E-state index in [9.17, 15) is 0 Å².